The molecule has 2 heterocycles. The molecule has 1 saturated heterocycles. The van der Waals surface area contributed by atoms with Crippen LogP contribution in [0.25, 0.3) is 5.57 Å². The zero-order valence-electron chi connectivity index (χ0n) is 16.6. The maximum atomic E-state index is 13.4. The van der Waals surface area contributed by atoms with Gasteiger partial charge in [-0.2, -0.15) is 0 Å². The van der Waals surface area contributed by atoms with E-state index in [0.717, 1.165) is 43.5 Å². The van der Waals surface area contributed by atoms with Gasteiger partial charge < -0.3 is 4.90 Å². The number of likely N-dealkylation sites (tertiary alicyclic amines) is 1. The predicted octanol–water partition coefficient (Wildman–Crippen LogP) is 4.33. The van der Waals surface area contributed by atoms with Gasteiger partial charge in [0, 0.05) is 13.1 Å². The Labute approximate surface area is 166 Å². The van der Waals surface area contributed by atoms with Gasteiger partial charge in [0.25, 0.3) is 11.8 Å². The Bertz CT molecular complexity index is 920. The number of aryl methyl sites for hydroxylation is 2. The number of carbonyl (C=O) groups excluding carboxylic acids is 2. The van der Waals surface area contributed by atoms with Crippen LogP contribution in [-0.2, 0) is 16.0 Å². The maximum Gasteiger partial charge on any atom is 0.282 e. The molecule has 0 radical (unpaired) electrons. The van der Waals surface area contributed by atoms with Crippen LogP contribution in [0, 0.1) is 6.92 Å². The number of nitrogens with zero attached hydrogens (tertiary/aromatic N) is 2. The van der Waals surface area contributed by atoms with Gasteiger partial charge in [-0.05, 0) is 55.9 Å². The summed E-state index contributed by atoms with van der Waals surface area (Å²) < 4.78 is 0. The van der Waals surface area contributed by atoms with Gasteiger partial charge >= 0.3 is 0 Å². The summed E-state index contributed by atoms with van der Waals surface area (Å²) in [5.74, 6) is -0.426. The fraction of sp³-hybridized carbons (Fsp3) is 0.333. The van der Waals surface area contributed by atoms with E-state index in [0.29, 0.717) is 17.0 Å². The van der Waals surface area contributed by atoms with Crippen LogP contribution in [0.2, 0.25) is 0 Å². The second kappa shape index (κ2) is 7.63. The van der Waals surface area contributed by atoms with Gasteiger partial charge in [-0.1, -0.05) is 48.9 Å². The lowest BCUT2D eigenvalue weighted by Crippen LogP contribution is -2.37. The molecule has 1 fully saturated rings. The zero-order chi connectivity index (χ0) is 19.7. The van der Waals surface area contributed by atoms with Crippen LogP contribution in [0.3, 0.4) is 0 Å². The monoisotopic (exact) mass is 374 g/mol. The van der Waals surface area contributed by atoms with Crippen molar-refractivity contribution in [3.63, 3.8) is 0 Å². The first kappa shape index (κ1) is 18.5. The Balaban J connectivity index is 1.79. The second-order valence-corrected chi connectivity index (χ2v) is 7.60. The van der Waals surface area contributed by atoms with Crippen molar-refractivity contribution in [1.82, 2.24) is 4.90 Å². The molecular formula is C24H26N2O2. The lowest BCUT2D eigenvalue weighted by molar-refractivity contribution is -0.120. The van der Waals surface area contributed by atoms with Gasteiger partial charge in [-0.3, -0.25) is 9.59 Å². The SMILES string of the molecule is CCc1ccc(N2C(=O)C(c3ccc(C)cc3)=C(N3CCCCC3)C2=O)cc1. The van der Waals surface area contributed by atoms with Crippen LogP contribution in [0.5, 0.6) is 0 Å². The third kappa shape index (κ3) is 3.24. The second-order valence-electron chi connectivity index (χ2n) is 7.60. The Morgan fingerprint density at radius 3 is 2.07 bits per heavy atom. The van der Waals surface area contributed by atoms with Gasteiger partial charge in [0.2, 0.25) is 0 Å². The molecule has 2 amide bonds. The summed E-state index contributed by atoms with van der Waals surface area (Å²) >= 11 is 0. The molecule has 4 nitrogen and oxygen atoms in total. The number of imide groups is 1. The van der Waals surface area contributed by atoms with Crippen molar-refractivity contribution in [1.29, 1.82) is 0 Å². The molecule has 0 bridgehead atoms. The third-order valence-electron chi connectivity index (χ3n) is 5.67. The van der Waals surface area contributed by atoms with E-state index in [9.17, 15) is 9.59 Å². The van der Waals surface area contributed by atoms with E-state index in [1.54, 1.807) is 0 Å². The number of benzene rings is 2. The zero-order valence-corrected chi connectivity index (χ0v) is 16.6. The van der Waals surface area contributed by atoms with Crippen LogP contribution < -0.4 is 4.90 Å². The van der Waals surface area contributed by atoms with E-state index in [1.807, 2.05) is 55.5 Å². The summed E-state index contributed by atoms with van der Waals surface area (Å²) in [5, 5.41) is 0. The van der Waals surface area contributed by atoms with Crippen molar-refractivity contribution < 1.29 is 9.59 Å². The van der Waals surface area contributed by atoms with Crippen LogP contribution in [-0.4, -0.2) is 29.8 Å². The van der Waals surface area contributed by atoms with E-state index < -0.39 is 0 Å². The molecule has 4 heteroatoms. The van der Waals surface area contributed by atoms with Gasteiger partial charge in [0.15, 0.2) is 0 Å². The van der Waals surface area contributed by atoms with Gasteiger partial charge in [0.1, 0.15) is 5.70 Å². The highest BCUT2D eigenvalue weighted by Gasteiger charge is 2.42. The van der Waals surface area contributed by atoms with E-state index in [-0.39, 0.29) is 11.8 Å². The predicted molar refractivity (Wildman–Crippen MR) is 112 cm³/mol. The Kier molecular flexibility index (Phi) is 5.03. The molecule has 0 atom stereocenters. The van der Waals surface area contributed by atoms with Crippen LogP contribution >= 0.6 is 0 Å². The summed E-state index contributed by atoms with van der Waals surface area (Å²) in [6.45, 7) is 5.76. The summed E-state index contributed by atoms with van der Waals surface area (Å²) in [5.41, 5.74) is 4.87. The highest BCUT2D eigenvalue weighted by atomic mass is 16.2. The van der Waals surface area contributed by atoms with Gasteiger partial charge in [-0.15, -0.1) is 0 Å². The minimum Gasteiger partial charge on any atom is -0.366 e. The van der Waals surface area contributed by atoms with Crippen LogP contribution in [0.15, 0.2) is 54.2 Å². The number of piperidine rings is 1. The molecular weight excluding hydrogens is 348 g/mol. The summed E-state index contributed by atoms with van der Waals surface area (Å²) in [7, 11) is 0. The molecule has 0 unspecified atom stereocenters. The number of hydrogen-bond donors (Lipinski definition) is 0. The number of amides is 2. The van der Waals surface area contributed by atoms with E-state index in [1.165, 1.54) is 16.9 Å². The average molecular weight is 374 g/mol. The topological polar surface area (TPSA) is 40.6 Å². The fourth-order valence-electron chi connectivity index (χ4n) is 4.02. The van der Waals surface area contributed by atoms with Crippen molar-refractivity contribution in [3.8, 4) is 0 Å². The quantitative estimate of drug-likeness (QED) is 0.748. The molecule has 28 heavy (non-hydrogen) atoms. The molecule has 0 N–H and O–H groups in total. The van der Waals surface area contributed by atoms with E-state index in [4.69, 9.17) is 0 Å². The molecule has 0 spiro atoms. The van der Waals surface area contributed by atoms with Gasteiger partial charge in [-0.25, -0.2) is 4.90 Å². The van der Waals surface area contributed by atoms with Gasteiger partial charge in [0.05, 0.1) is 11.3 Å². The largest absolute Gasteiger partial charge is 0.366 e. The highest BCUT2D eigenvalue weighted by molar-refractivity contribution is 6.45. The minimum absolute atomic E-state index is 0.202. The standard InChI is InChI=1S/C24H26N2O2/c1-3-18-9-13-20(14-10-18)26-23(27)21(19-11-7-17(2)8-12-19)22(24(26)28)25-15-5-4-6-16-25/h7-14H,3-6,15-16H2,1-2H3. The lowest BCUT2D eigenvalue weighted by Gasteiger charge is -2.29. The first-order chi connectivity index (χ1) is 13.6. The molecule has 2 aliphatic rings. The third-order valence-corrected chi connectivity index (χ3v) is 5.67. The summed E-state index contributed by atoms with van der Waals surface area (Å²) in [6, 6.07) is 15.6. The van der Waals surface area contributed by atoms with Crippen LogP contribution in [0.4, 0.5) is 5.69 Å². The summed E-state index contributed by atoms with van der Waals surface area (Å²) in [6.07, 6.45) is 4.21. The van der Waals surface area contributed by atoms with Crippen molar-refractivity contribution >= 4 is 23.1 Å². The Morgan fingerprint density at radius 1 is 0.821 bits per heavy atom. The highest BCUT2D eigenvalue weighted by Crippen LogP contribution is 2.36. The number of rotatable bonds is 4. The molecule has 0 saturated carbocycles. The number of carbonyl (C=O) groups is 2. The van der Waals surface area contributed by atoms with E-state index in [2.05, 4.69) is 11.8 Å². The average Bonchev–Trinajstić information content (AvgIpc) is 2.99. The Hall–Kier alpha value is -2.88. The minimum atomic E-state index is -0.223. The van der Waals surface area contributed by atoms with E-state index >= 15 is 0 Å². The Morgan fingerprint density at radius 2 is 1.46 bits per heavy atom. The van der Waals surface area contributed by atoms with Crippen LogP contribution in [0.1, 0.15) is 42.9 Å². The molecule has 2 aromatic rings. The van der Waals surface area contributed by atoms with Crippen molar-refractivity contribution in [2.45, 2.75) is 39.5 Å². The number of hydrogen-bond acceptors (Lipinski definition) is 3. The fourth-order valence-corrected chi connectivity index (χ4v) is 4.02. The smallest absolute Gasteiger partial charge is 0.282 e. The lowest BCUT2D eigenvalue weighted by atomic mass is 10.0. The first-order valence-electron chi connectivity index (χ1n) is 10.1. The van der Waals surface area contributed by atoms with Crippen molar-refractivity contribution in [2.24, 2.45) is 0 Å². The number of anilines is 1. The molecule has 0 aromatic heterocycles. The first-order valence-corrected chi connectivity index (χ1v) is 10.1. The summed E-state index contributed by atoms with van der Waals surface area (Å²) in [4.78, 5) is 30.3. The molecule has 4 rings (SSSR count). The molecule has 2 aromatic carbocycles. The maximum absolute atomic E-state index is 13.4. The van der Waals surface area contributed by atoms with Crippen molar-refractivity contribution in [2.75, 3.05) is 18.0 Å². The molecule has 2 aliphatic heterocycles. The van der Waals surface area contributed by atoms with Crippen molar-refractivity contribution in [3.05, 3.63) is 70.9 Å². The molecule has 144 valence electrons. The molecule has 0 aliphatic carbocycles. The normalized spacial score (nSPS) is 17.6.